The van der Waals surface area contributed by atoms with Crippen molar-refractivity contribution >= 4 is 5.96 Å². The summed E-state index contributed by atoms with van der Waals surface area (Å²) in [5, 5.41) is 6.24. The van der Waals surface area contributed by atoms with Gasteiger partial charge in [0.2, 0.25) is 0 Å². The van der Waals surface area contributed by atoms with E-state index in [-0.39, 0.29) is 5.60 Å². The van der Waals surface area contributed by atoms with Gasteiger partial charge in [-0.05, 0) is 44.0 Å². The molecule has 0 spiro atoms. The fraction of sp³-hybridized carbons (Fsp3) is 0.500. The van der Waals surface area contributed by atoms with Gasteiger partial charge in [-0.25, -0.2) is 0 Å². The molecule has 0 saturated carbocycles. The van der Waals surface area contributed by atoms with Gasteiger partial charge in [0.15, 0.2) is 5.96 Å². The summed E-state index contributed by atoms with van der Waals surface area (Å²) in [5.41, 5.74) is -0.322. The van der Waals surface area contributed by atoms with E-state index in [9.17, 15) is 13.2 Å². The van der Waals surface area contributed by atoms with Crippen LogP contribution < -0.4 is 10.6 Å². The van der Waals surface area contributed by atoms with Crippen LogP contribution in [0.25, 0.3) is 0 Å². The molecule has 1 fully saturated rings. The first kappa shape index (κ1) is 19.1. The van der Waals surface area contributed by atoms with Gasteiger partial charge in [-0.2, -0.15) is 13.2 Å². The number of nitrogens with one attached hydrogen (secondary N) is 2. The van der Waals surface area contributed by atoms with Gasteiger partial charge in [0.1, 0.15) is 0 Å². The van der Waals surface area contributed by atoms with Crippen molar-refractivity contribution in [3.8, 4) is 11.8 Å². The summed E-state index contributed by atoms with van der Waals surface area (Å²) in [6.07, 6.45) is -2.26. The van der Waals surface area contributed by atoms with E-state index >= 15 is 0 Å². The fourth-order valence-electron chi connectivity index (χ4n) is 2.48. The number of guanidine groups is 1. The number of ether oxygens (including phenoxy) is 1. The molecule has 0 bridgehead atoms. The molecular weight excluding hydrogens is 331 g/mol. The lowest BCUT2D eigenvalue weighted by atomic mass is 10.0. The number of nitrogens with zero attached hydrogens (tertiary/aromatic N) is 1. The number of aliphatic imine (C=N–C) groups is 1. The summed E-state index contributed by atoms with van der Waals surface area (Å²) in [5.74, 6) is 6.30. The highest BCUT2D eigenvalue weighted by Crippen LogP contribution is 2.28. The maximum absolute atomic E-state index is 12.5. The summed E-state index contributed by atoms with van der Waals surface area (Å²) in [6.45, 7) is 3.82. The zero-order valence-corrected chi connectivity index (χ0v) is 14.3. The molecule has 7 heteroatoms. The van der Waals surface area contributed by atoms with E-state index in [4.69, 9.17) is 4.74 Å². The van der Waals surface area contributed by atoms with Crippen LogP contribution in [0.4, 0.5) is 13.2 Å². The van der Waals surface area contributed by atoms with Crippen LogP contribution >= 0.6 is 0 Å². The Bertz CT molecular complexity index is 651. The molecule has 0 aromatic heterocycles. The third-order valence-electron chi connectivity index (χ3n) is 3.94. The summed E-state index contributed by atoms with van der Waals surface area (Å²) in [4.78, 5) is 4.11. The van der Waals surface area contributed by atoms with Crippen molar-refractivity contribution in [2.75, 3.05) is 26.7 Å². The maximum Gasteiger partial charge on any atom is 0.416 e. The summed E-state index contributed by atoms with van der Waals surface area (Å²) >= 11 is 0. The first-order chi connectivity index (χ1) is 11.8. The zero-order valence-electron chi connectivity index (χ0n) is 14.3. The second kappa shape index (κ2) is 8.26. The van der Waals surface area contributed by atoms with Crippen LogP contribution in [0.15, 0.2) is 29.3 Å². The van der Waals surface area contributed by atoms with Crippen molar-refractivity contribution in [3.63, 3.8) is 0 Å². The normalized spacial score (nSPS) is 20.8. The molecule has 1 aromatic carbocycles. The van der Waals surface area contributed by atoms with E-state index in [2.05, 4.69) is 34.4 Å². The van der Waals surface area contributed by atoms with E-state index in [0.29, 0.717) is 24.6 Å². The first-order valence-electron chi connectivity index (χ1n) is 8.07. The Balaban J connectivity index is 1.80. The molecule has 2 rings (SSSR count). The van der Waals surface area contributed by atoms with Crippen molar-refractivity contribution in [1.82, 2.24) is 10.6 Å². The molecule has 1 heterocycles. The van der Waals surface area contributed by atoms with Crippen LogP contribution in [0.1, 0.15) is 30.9 Å². The third kappa shape index (κ3) is 5.98. The van der Waals surface area contributed by atoms with Gasteiger partial charge in [0.05, 0.1) is 17.7 Å². The highest BCUT2D eigenvalue weighted by molar-refractivity contribution is 5.80. The van der Waals surface area contributed by atoms with E-state index < -0.39 is 11.7 Å². The molecule has 2 N–H and O–H groups in total. The Morgan fingerprint density at radius 3 is 2.56 bits per heavy atom. The molecular formula is C18H22F3N3O. The van der Waals surface area contributed by atoms with Gasteiger partial charge < -0.3 is 15.4 Å². The molecule has 1 aliphatic rings. The number of rotatable bonds is 3. The monoisotopic (exact) mass is 353 g/mol. The minimum atomic E-state index is -4.33. The lowest BCUT2D eigenvalue weighted by Gasteiger charge is -2.24. The summed E-state index contributed by atoms with van der Waals surface area (Å²) in [6, 6.07) is 4.78. The van der Waals surface area contributed by atoms with Gasteiger partial charge in [-0.3, -0.25) is 4.99 Å². The Kier molecular flexibility index (Phi) is 6.32. The largest absolute Gasteiger partial charge is 0.416 e. The molecule has 1 unspecified atom stereocenters. The number of benzene rings is 1. The van der Waals surface area contributed by atoms with Gasteiger partial charge >= 0.3 is 6.18 Å². The van der Waals surface area contributed by atoms with Crippen molar-refractivity contribution in [1.29, 1.82) is 0 Å². The lowest BCUT2D eigenvalue weighted by Crippen LogP contribution is -2.45. The summed E-state index contributed by atoms with van der Waals surface area (Å²) < 4.78 is 43.2. The van der Waals surface area contributed by atoms with Crippen molar-refractivity contribution < 1.29 is 17.9 Å². The summed E-state index contributed by atoms with van der Waals surface area (Å²) in [7, 11) is 1.66. The topological polar surface area (TPSA) is 45.7 Å². The standard InChI is InChI=1S/C18H22F3N3O/c1-17(10-4-12-25-17)13-24-16(22-2)23-11-3-5-14-6-8-15(9-7-14)18(19,20)21/h6-9H,4,10-13H2,1-2H3,(H2,22,23,24). The van der Waals surface area contributed by atoms with Crippen molar-refractivity contribution in [2.45, 2.75) is 31.5 Å². The van der Waals surface area contributed by atoms with Gasteiger partial charge in [-0.1, -0.05) is 11.8 Å². The molecule has 0 amide bonds. The molecule has 4 nitrogen and oxygen atoms in total. The van der Waals surface area contributed by atoms with Gasteiger partial charge in [0, 0.05) is 25.8 Å². The quantitative estimate of drug-likeness (QED) is 0.499. The van der Waals surface area contributed by atoms with Crippen LogP contribution in [0.5, 0.6) is 0 Å². The minimum absolute atomic E-state index is 0.177. The number of hydrogen-bond donors (Lipinski definition) is 2. The van der Waals surface area contributed by atoms with Gasteiger partial charge in [0.25, 0.3) is 0 Å². The Morgan fingerprint density at radius 2 is 2.00 bits per heavy atom. The van der Waals surface area contributed by atoms with Crippen LogP contribution in [0.2, 0.25) is 0 Å². The molecule has 0 radical (unpaired) electrons. The Hall–Kier alpha value is -2.20. The third-order valence-corrected chi connectivity index (χ3v) is 3.94. The van der Waals surface area contributed by atoms with E-state index in [0.717, 1.165) is 31.6 Å². The second-order valence-electron chi connectivity index (χ2n) is 6.06. The van der Waals surface area contributed by atoms with Crippen LogP contribution in [0, 0.1) is 11.8 Å². The molecule has 0 aliphatic carbocycles. The molecule has 136 valence electrons. The molecule has 1 atom stereocenters. The van der Waals surface area contributed by atoms with Crippen LogP contribution in [0.3, 0.4) is 0 Å². The Labute approximate surface area is 145 Å². The van der Waals surface area contributed by atoms with Gasteiger partial charge in [-0.15, -0.1) is 0 Å². The number of hydrogen-bond acceptors (Lipinski definition) is 2. The highest BCUT2D eigenvalue weighted by Gasteiger charge is 2.30. The molecule has 1 aromatic rings. The smallest absolute Gasteiger partial charge is 0.373 e. The average Bonchev–Trinajstić information content (AvgIpc) is 3.01. The average molecular weight is 353 g/mol. The second-order valence-corrected chi connectivity index (χ2v) is 6.06. The van der Waals surface area contributed by atoms with Crippen molar-refractivity contribution in [2.24, 2.45) is 4.99 Å². The van der Waals surface area contributed by atoms with Crippen molar-refractivity contribution in [3.05, 3.63) is 35.4 Å². The number of halogens is 3. The first-order valence-corrected chi connectivity index (χ1v) is 8.07. The van der Waals surface area contributed by atoms with Crippen LogP contribution in [-0.4, -0.2) is 38.3 Å². The molecule has 1 saturated heterocycles. The fourth-order valence-corrected chi connectivity index (χ4v) is 2.48. The Morgan fingerprint density at radius 1 is 1.28 bits per heavy atom. The maximum atomic E-state index is 12.5. The lowest BCUT2D eigenvalue weighted by molar-refractivity contribution is -0.137. The van der Waals surface area contributed by atoms with Crippen LogP contribution in [-0.2, 0) is 10.9 Å². The highest BCUT2D eigenvalue weighted by atomic mass is 19.4. The molecule has 1 aliphatic heterocycles. The zero-order chi connectivity index (χ0) is 18.3. The predicted octanol–water partition coefficient (Wildman–Crippen LogP) is 2.79. The van der Waals surface area contributed by atoms with E-state index in [1.807, 2.05) is 0 Å². The molecule has 25 heavy (non-hydrogen) atoms. The number of alkyl halides is 3. The van der Waals surface area contributed by atoms with E-state index in [1.165, 1.54) is 12.1 Å². The SMILES string of the molecule is CN=C(NCC#Cc1ccc(C(F)(F)F)cc1)NCC1(C)CCCO1. The minimum Gasteiger partial charge on any atom is -0.373 e. The van der Waals surface area contributed by atoms with E-state index in [1.54, 1.807) is 7.05 Å². The predicted molar refractivity (Wildman–Crippen MR) is 91.3 cm³/mol.